The minimum atomic E-state index is 0.849. The molecule has 0 unspecified atom stereocenters. The minimum absolute atomic E-state index is 0.849. The van der Waals surface area contributed by atoms with Crippen molar-refractivity contribution >= 4 is 11.8 Å². The first kappa shape index (κ1) is 13.8. The van der Waals surface area contributed by atoms with E-state index in [1.54, 1.807) is 6.20 Å². The maximum Gasteiger partial charge on any atom is 0.227 e. The Labute approximate surface area is 125 Å². The number of aryl methyl sites for hydroxylation is 1. The molecule has 0 radical (unpaired) electrons. The predicted octanol–water partition coefficient (Wildman–Crippen LogP) is 2.43. The number of aromatic nitrogens is 3. The highest BCUT2D eigenvalue weighted by molar-refractivity contribution is 5.44. The first-order valence-corrected chi connectivity index (χ1v) is 7.55. The van der Waals surface area contributed by atoms with E-state index >= 15 is 0 Å². The van der Waals surface area contributed by atoms with Crippen LogP contribution in [0.3, 0.4) is 0 Å². The number of hydrogen-bond acceptors (Lipinski definition) is 5. The van der Waals surface area contributed by atoms with Crippen molar-refractivity contribution in [2.75, 3.05) is 29.9 Å². The van der Waals surface area contributed by atoms with Crippen molar-refractivity contribution in [1.82, 2.24) is 15.0 Å². The zero-order chi connectivity index (χ0) is 14.5. The van der Waals surface area contributed by atoms with Crippen LogP contribution < -0.4 is 10.2 Å². The van der Waals surface area contributed by atoms with Crippen LogP contribution in [0.4, 0.5) is 11.8 Å². The lowest BCUT2D eigenvalue weighted by Gasteiger charge is -2.16. The molecule has 2 aromatic rings. The lowest BCUT2D eigenvalue weighted by molar-refractivity contribution is 0.885. The molecule has 5 heteroatoms. The van der Waals surface area contributed by atoms with Crippen LogP contribution >= 0.6 is 0 Å². The van der Waals surface area contributed by atoms with Gasteiger partial charge in [0.05, 0.1) is 0 Å². The smallest absolute Gasteiger partial charge is 0.227 e. The van der Waals surface area contributed by atoms with Gasteiger partial charge in [-0.05, 0) is 37.8 Å². The molecule has 1 N–H and O–H groups in total. The molecule has 1 aliphatic rings. The molecular weight excluding hydrogens is 262 g/mol. The highest BCUT2D eigenvalue weighted by Crippen LogP contribution is 2.18. The van der Waals surface area contributed by atoms with E-state index < -0.39 is 0 Å². The van der Waals surface area contributed by atoms with Crippen LogP contribution in [0, 0.1) is 6.92 Å². The molecule has 0 spiro atoms. The zero-order valence-corrected chi connectivity index (χ0v) is 12.4. The van der Waals surface area contributed by atoms with Crippen molar-refractivity contribution in [3.8, 4) is 0 Å². The Morgan fingerprint density at radius 3 is 2.86 bits per heavy atom. The quantitative estimate of drug-likeness (QED) is 0.913. The summed E-state index contributed by atoms with van der Waals surface area (Å²) in [5.74, 6) is 1.77. The van der Waals surface area contributed by atoms with Gasteiger partial charge < -0.3 is 10.2 Å². The van der Waals surface area contributed by atoms with Crippen molar-refractivity contribution in [3.05, 3.63) is 41.9 Å². The molecule has 3 heterocycles. The van der Waals surface area contributed by atoms with Crippen molar-refractivity contribution in [2.24, 2.45) is 0 Å². The molecule has 1 aliphatic heterocycles. The van der Waals surface area contributed by atoms with E-state index in [-0.39, 0.29) is 0 Å². The molecule has 110 valence electrons. The molecule has 0 amide bonds. The van der Waals surface area contributed by atoms with Gasteiger partial charge in [-0.2, -0.15) is 4.98 Å². The maximum atomic E-state index is 4.63. The molecule has 3 rings (SSSR count). The fourth-order valence-electron chi connectivity index (χ4n) is 2.58. The summed E-state index contributed by atoms with van der Waals surface area (Å²) in [4.78, 5) is 15.6. The Kier molecular flexibility index (Phi) is 4.28. The van der Waals surface area contributed by atoms with E-state index in [2.05, 4.69) is 31.2 Å². The number of nitrogens with zero attached hydrogens (tertiary/aromatic N) is 4. The highest BCUT2D eigenvalue weighted by atomic mass is 15.3. The minimum Gasteiger partial charge on any atom is -0.370 e. The summed E-state index contributed by atoms with van der Waals surface area (Å²) in [5.41, 5.74) is 2.24. The second-order valence-corrected chi connectivity index (χ2v) is 5.43. The average molecular weight is 283 g/mol. The number of anilines is 2. The van der Waals surface area contributed by atoms with Gasteiger partial charge in [0, 0.05) is 43.8 Å². The summed E-state index contributed by atoms with van der Waals surface area (Å²) in [5, 5.41) is 3.39. The normalized spacial score (nSPS) is 14.4. The first-order valence-electron chi connectivity index (χ1n) is 7.55. The number of rotatable bonds is 5. The summed E-state index contributed by atoms with van der Waals surface area (Å²) in [6.45, 7) is 5.01. The van der Waals surface area contributed by atoms with Crippen LogP contribution in [0.1, 0.15) is 24.1 Å². The molecule has 21 heavy (non-hydrogen) atoms. The van der Waals surface area contributed by atoms with Crippen LogP contribution in [-0.2, 0) is 6.42 Å². The molecule has 0 aliphatic carbocycles. The van der Waals surface area contributed by atoms with E-state index in [1.165, 1.54) is 18.4 Å². The molecule has 0 aromatic carbocycles. The van der Waals surface area contributed by atoms with Gasteiger partial charge in [-0.15, -0.1) is 0 Å². The van der Waals surface area contributed by atoms with E-state index in [0.717, 1.165) is 43.5 Å². The third-order valence-electron chi connectivity index (χ3n) is 3.67. The maximum absolute atomic E-state index is 4.63. The summed E-state index contributed by atoms with van der Waals surface area (Å²) < 4.78 is 0. The Morgan fingerprint density at radius 2 is 2.10 bits per heavy atom. The molecule has 0 bridgehead atoms. The summed E-state index contributed by atoms with van der Waals surface area (Å²) >= 11 is 0. The molecule has 1 saturated heterocycles. The number of nitrogens with one attached hydrogen (secondary N) is 1. The largest absolute Gasteiger partial charge is 0.370 e. The second-order valence-electron chi connectivity index (χ2n) is 5.43. The Hall–Kier alpha value is -2.17. The van der Waals surface area contributed by atoms with Gasteiger partial charge in [0.2, 0.25) is 5.95 Å². The number of pyridine rings is 1. The van der Waals surface area contributed by atoms with Crippen LogP contribution in [0.5, 0.6) is 0 Å². The monoisotopic (exact) mass is 283 g/mol. The van der Waals surface area contributed by atoms with Crippen LogP contribution in [0.2, 0.25) is 0 Å². The first-order chi connectivity index (χ1) is 10.3. The molecular formula is C16H21N5. The fourth-order valence-corrected chi connectivity index (χ4v) is 2.58. The number of hydrogen-bond donors (Lipinski definition) is 1. The second kappa shape index (κ2) is 6.52. The molecule has 5 nitrogen and oxygen atoms in total. The Morgan fingerprint density at radius 1 is 1.24 bits per heavy atom. The molecule has 2 aromatic heterocycles. The molecule has 0 atom stereocenters. The summed E-state index contributed by atoms with van der Waals surface area (Å²) in [6, 6.07) is 6.06. The van der Waals surface area contributed by atoms with Crippen molar-refractivity contribution in [1.29, 1.82) is 0 Å². The van der Waals surface area contributed by atoms with Crippen LogP contribution in [0.15, 0.2) is 30.6 Å². The highest BCUT2D eigenvalue weighted by Gasteiger charge is 2.15. The van der Waals surface area contributed by atoms with E-state index in [4.69, 9.17) is 0 Å². The Balaban J connectivity index is 1.62. The SMILES string of the molecule is Cc1cc(NCCc2cccnc2)nc(N2CCCC2)n1. The Bertz CT molecular complexity index is 578. The van der Waals surface area contributed by atoms with E-state index in [0.29, 0.717) is 0 Å². The standard InChI is InChI=1S/C16H21N5/c1-13-11-15(18-8-6-14-5-4-7-17-12-14)20-16(19-13)21-9-2-3-10-21/h4-5,7,11-12H,2-3,6,8-10H2,1H3,(H,18,19,20). The van der Waals surface area contributed by atoms with Crippen molar-refractivity contribution < 1.29 is 0 Å². The van der Waals surface area contributed by atoms with Gasteiger partial charge in [-0.3, -0.25) is 4.98 Å². The van der Waals surface area contributed by atoms with Gasteiger partial charge in [0.25, 0.3) is 0 Å². The van der Waals surface area contributed by atoms with E-state index in [9.17, 15) is 0 Å². The third-order valence-corrected chi connectivity index (χ3v) is 3.67. The molecule has 0 saturated carbocycles. The lowest BCUT2D eigenvalue weighted by atomic mass is 10.2. The lowest BCUT2D eigenvalue weighted by Crippen LogP contribution is -2.21. The van der Waals surface area contributed by atoms with E-state index in [1.807, 2.05) is 25.3 Å². The van der Waals surface area contributed by atoms with Gasteiger partial charge in [0.1, 0.15) is 5.82 Å². The zero-order valence-electron chi connectivity index (χ0n) is 12.4. The topological polar surface area (TPSA) is 53.9 Å². The summed E-state index contributed by atoms with van der Waals surface area (Å²) in [7, 11) is 0. The van der Waals surface area contributed by atoms with Crippen LogP contribution in [0.25, 0.3) is 0 Å². The average Bonchev–Trinajstić information content (AvgIpc) is 3.02. The van der Waals surface area contributed by atoms with Gasteiger partial charge in [0.15, 0.2) is 0 Å². The fraction of sp³-hybridized carbons (Fsp3) is 0.438. The van der Waals surface area contributed by atoms with Gasteiger partial charge in [-0.25, -0.2) is 4.98 Å². The van der Waals surface area contributed by atoms with Gasteiger partial charge >= 0.3 is 0 Å². The molecule has 1 fully saturated rings. The predicted molar refractivity (Wildman–Crippen MR) is 84.6 cm³/mol. The summed E-state index contributed by atoms with van der Waals surface area (Å²) in [6.07, 6.45) is 7.12. The van der Waals surface area contributed by atoms with Crippen molar-refractivity contribution in [2.45, 2.75) is 26.2 Å². The van der Waals surface area contributed by atoms with Crippen LogP contribution in [-0.4, -0.2) is 34.6 Å². The van der Waals surface area contributed by atoms with Crippen molar-refractivity contribution in [3.63, 3.8) is 0 Å². The third kappa shape index (κ3) is 3.68. The van der Waals surface area contributed by atoms with Gasteiger partial charge in [-0.1, -0.05) is 6.07 Å².